The maximum Gasteiger partial charge on any atom is 0.339 e. The molecule has 3 aromatic rings. The molecule has 30 heavy (non-hydrogen) atoms. The first-order valence-electron chi connectivity index (χ1n) is 9.47. The first-order chi connectivity index (χ1) is 14.4. The molecule has 0 aliphatic rings. The summed E-state index contributed by atoms with van der Waals surface area (Å²) in [5.41, 5.74) is 8.32. The molecule has 1 atom stereocenters. The maximum absolute atomic E-state index is 12.7. The van der Waals surface area contributed by atoms with Crippen molar-refractivity contribution in [3.05, 3.63) is 101 Å². The van der Waals surface area contributed by atoms with Gasteiger partial charge in [0.05, 0.1) is 5.56 Å². The lowest BCUT2D eigenvalue weighted by Gasteiger charge is -2.15. The molecule has 152 valence electrons. The van der Waals surface area contributed by atoms with Gasteiger partial charge in [-0.25, -0.2) is 4.79 Å². The minimum Gasteiger partial charge on any atom is -0.449 e. The van der Waals surface area contributed by atoms with Gasteiger partial charge in [0.1, 0.15) is 0 Å². The molecule has 3 N–H and O–H groups in total. The predicted octanol–water partition coefficient (Wildman–Crippen LogP) is 3.56. The van der Waals surface area contributed by atoms with Crippen LogP contribution in [0.25, 0.3) is 0 Å². The van der Waals surface area contributed by atoms with Crippen molar-refractivity contribution in [1.29, 1.82) is 0 Å². The number of hydrogen-bond donors (Lipinski definition) is 2. The third-order valence-electron chi connectivity index (χ3n) is 4.56. The second-order valence-electron chi connectivity index (χ2n) is 6.80. The van der Waals surface area contributed by atoms with E-state index in [2.05, 4.69) is 5.32 Å². The van der Waals surface area contributed by atoms with Gasteiger partial charge in [0, 0.05) is 11.3 Å². The molecule has 0 radical (unpaired) electrons. The summed E-state index contributed by atoms with van der Waals surface area (Å²) < 4.78 is 5.39. The zero-order chi connectivity index (χ0) is 21.5. The highest BCUT2D eigenvalue weighted by Crippen LogP contribution is 2.17. The van der Waals surface area contributed by atoms with Crippen LogP contribution in [0.5, 0.6) is 0 Å². The lowest BCUT2D eigenvalue weighted by molar-refractivity contribution is -0.123. The fourth-order valence-electron chi connectivity index (χ4n) is 2.93. The Hall–Kier alpha value is -3.93. The van der Waals surface area contributed by atoms with Gasteiger partial charge in [-0.3, -0.25) is 9.59 Å². The number of amides is 2. The number of benzene rings is 3. The summed E-state index contributed by atoms with van der Waals surface area (Å²) >= 11 is 0. The van der Waals surface area contributed by atoms with E-state index in [9.17, 15) is 14.4 Å². The average Bonchev–Trinajstić information content (AvgIpc) is 2.75. The summed E-state index contributed by atoms with van der Waals surface area (Å²) in [5.74, 6) is -1.59. The lowest BCUT2D eigenvalue weighted by Crippen LogP contribution is -2.30. The topological polar surface area (TPSA) is 98.5 Å². The van der Waals surface area contributed by atoms with E-state index in [1.54, 1.807) is 24.3 Å². The van der Waals surface area contributed by atoms with Gasteiger partial charge in [-0.2, -0.15) is 0 Å². The van der Waals surface area contributed by atoms with Crippen LogP contribution in [0.4, 0.5) is 5.69 Å². The molecule has 0 aliphatic heterocycles. The number of primary amides is 1. The molecule has 0 unspecified atom stereocenters. The molecule has 0 aliphatic carbocycles. The molecule has 0 saturated heterocycles. The van der Waals surface area contributed by atoms with Gasteiger partial charge in [-0.05, 0) is 54.8 Å². The first-order valence-corrected chi connectivity index (χ1v) is 9.47. The van der Waals surface area contributed by atoms with E-state index >= 15 is 0 Å². The van der Waals surface area contributed by atoms with Crippen molar-refractivity contribution in [2.75, 3.05) is 5.32 Å². The fraction of sp³-hybridized carbons (Fsp3) is 0.125. The van der Waals surface area contributed by atoms with Crippen LogP contribution >= 0.6 is 0 Å². The van der Waals surface area contributed by atoms with Gasteiger partial charge in [0.25, 0.3) is 5.91 Å². The normalized spacial score (nSPS) is 11.4. The summed E-state index contributed by atoms with van der Waals surface area (Å²) in [6.07, 6.45) is -0.420. The Balaban J connectivity index is 1.65. The first kappa shape index (κ1) is 20.8. The predicted molar refractivity (Wildman–Crippen MR) is 114 cm³/mol. The van der Waals surface area contributed by atoms with Gasteiger partial charge in [0.2, 0.25) is 5.91 Å². The lowest BCUT2D eigenvalue weighted by atomic mass is 10.00. The van der Waals surface area contributed by atoms with Crippen molar-refractivity contribution in [3.8, 4) is 0 Å². The number of carbonyl (C=O) groups is 3. The van der Waals surface area contributed by atoms with Crippen LogP contribution < -0.4 is 11.1 Å². The number of ether oxygens (including phenoxy) is 1. The minimum atomic E-state index is -1.00. The highest BCUT2D eigenvalue weighted by atomic mass is 16.5. The molecular formula is C24H22N2O4. The molecule has 3 aromatic carbocycles. The number of anilines is 1. The SMILES string of the molecule is C[C@H](OC(=O)c1ccccc1Cc1ccccc1)C(=O)Nc1ccc(C(N)=O)cc1. The highest BCUT2D eigenvalue weighted by Gasteiger charge is 2.21. The van der Waals surface area contributed by atoms with Gasteiger partial charge in [-0.1, -0.05) is 48.5 Å². The summed E-state index contributed by atoms with van der Waals surface area (Å²) in [6.45, 7) is 1.50. The Kier molecular flexibility index (Phi) is 6.60. The third-order valence-corrected chi connectivity index (χ3v) is 4.56. The molecule has 0 fully saturated rings. The average molecular weight is 402 g/mol. The van der Waals surface area contributed by atoms with E-state index < -0.39 is 23.9 Å². The number of esters is 1. The molecule has 0 heterocycles. The monoisotopic (exact) mass is 402 g/mol. The minimum absolute atomic E-state index is 0.336. The van der Waals surface area contributed by atoms with E-state index in [1.165, 1.54) is 19.1 Å². The van der Waals surface area contributed by atoms with Crippen LogP contribution in [-0.4, -0.2) is 23.9 Å². The maximum atomic E-state index is 12.7. The van der Waals surface area contributed by atoms with E-state index in [1.807, 2.05) is 42.5 Å². The Bertz CT molecular complexity index is 1050. The second kappa shape index (κ2) is 9.52. The zero-order valence-electron chi connectivity index (χ0n) is 16.5. The van der Waals surface area contributed by atoms with Gasteiger partial charge in [0.15, 0.2) is 6.10 Å². The summed E-state index contributed by atoms with van der Waals surface area (Å²) in [7, 11) is 0. The summed E-state index contributed by atoms with van der Waals surface area (Å²) in [5, 5.41) is 2.65. The molecule has 3 rings (SSSR count). The molecule has 0 saturated carbocycles. The van der Waals surface area contributed by atoms with E-state index in [4.69, 9.17) is 10.5 Å². The van der Waals surface area contributed by atoms with Crippen LogP contribution in [0.15, 0.2) is 78.9 Å². The Morgan fingerprint density at radius 3 is 2.20 bits per heavy atom. The van der Waals surface area contributed by atoms with Crippen LogP contribution in [0.2, 0.25) is 0 Å². The number of nitrogens with two attached hydrogens (primary N) is 1. The van der Waals surface area contributed by atoms with Crippen molar-refractivity contribution >= 4 is 23.5 Å². The van der Waals surface area contributed by atoms with Gasteiger partial charge < -0.3 is 15.8 Å². The smallest absolute Gasteiger partial charge is 0.339 e. The molecule has 6 nitrogen and oxygen atoms in total. The largest absolute Gasteiger partial charge is 0.449 e. The molecule has 0 spiro atoms. The van der Waals surface area contributed by atoms with Crippen LogP contribution in [0.3, 0.4) is 0 Å². The highest BCUT2D eigenvalue weighted by molar-refractivity contribution is 5.98. The Labute approximate surface area is 174 Å². The standard InChI is InChI=1S/C24H22N2O4/c1-16(23(28)26-20-13-11-18(12-14-20)22(25)27)30-24(29)21-10-6-5-9-19(21)15-17-7-3-2-4-8-17/h2-14,16H,15H2,1H3,(H2,25,27)(H,26,28)/t16-/m0/s1. The molecule has 6 heteroatoms. The zero-order valence-corrected chi connectivity index (χ0v) is 16.5. The van der Waals surface area contributed by atoms with E-state index in [0.29, 0.717) is 23.2 Å². The van der Waals surface area contributed by atoms with Crippen molar-refractivity contribution in [1.82, 2.24) is 0 Å². The quantitative estimate of drug-likeness (QED) is 0.590. The molecule has 2 amide bonds. The fourth-order valence-corrected chi connectivity index (χ4v) is 2.93. The molecule has 0 bridgehead atoms. The Morgan fingerprint density at radius 1 is 0.900 bits per heavy atom. The van der Waals surface area contributed by atoms with Gasteiger partial charge in [-0.15, -0.1) is 0 Å². The number of hydrogen-bond acceptors (Lipinski definition) is 4. The van der Waals surface area contributed by atoms with Crippen LogP contribution in [0, 0.1) is 0 Å². The Morgan fingerprint density at radius 2 is 1.53 bits per heavy atom. The van der Waals surface area contributed by atoms with Gasteiger partial charge >= 0.3 is 5.97 Å². The van der Waals surface area contributed by atoms with Crippen LogP contribution in [-0.2, 0) is 16.0 Å². The summed E-state index contributed by atoms with van der Waals surface area (Å²) in [6, 6.07) is 23.1. The van der Waals surface area contributed by atoms with Crippen molar-refractivity contribution < 1.29 is 19.1 Å². The number of rotatable bonds is 7. The third kappa shape index (κ3) is 5.32. The summed E-state index contributed by atoms with van der Waals surface area (Å²) in [4.78, 5) is 36.2. The second-order valence-corrected chi connectivity index (χ2v) is 6.80. The number of carbonyl (C=O) groups excluding carboxylic acids is 3. The van der Waals surface area contributed by atoms with Crippen molar-refractivity contribution in [2.45, 2.75) is 19.4 Å². The van der Waals surface area contributed by atoms with Crippen LogP contribution in [0.1, 0.15) is 38.8 Å². The van der Waals surface area contributed by atoms with Crippen molar-refractivity contribution in [3.63, 3.8) is 0 Å². The molecule has 0 aromatic heterocycles. The van der Waals surface area contributed by atoms with Crippen molar-refractivity contribution in [2.24, 2.45) is 5.73 Å². The number of nitrogens with one attached hydrogen (secondary N) is 1. The van der Waals surface area contributed by atoms with E-state index in [0.717, 1.165) is 11.1 Å². The molecular weight excluding hydrogens is 380 g/mol. The van der Waals surface area contributed by atoms with E-state index in [-0.39, 0.29) is 0 Å².